The molecule has 1 aliphatic carbocycles. The van der Waals surface area contributed by atoms with Crippen LogP contribution in [0, 0.1) is 0 Å². The van der Waals surface area contributed by atoms with Crippen LogP contribution < -0.4 is 4.90 Å². The molecule has 0 fully saturated rings. The largest absolute Gasteiger partial charge is 0.309 e. The van der Waals surface area contributed by atoms with Crippen molar-refractivity contribution in [1.29, 1.82) is 0 Å². The summed E-state index contributed by atoms with van der Waals surface area (Å²) in [6, 6.07) is 31.4. The Bertz CT molecular complexity index is 1890. The molecule has 176 valence electrons. The van der Waals surface area contributed by atoms with E-state index >= 15 is 0 Å². The predicted molar refractivity (Wildman–Crippen MR) is 154 cm³/mol. The summed E-state index contributed by atoms with van der Waals surface area (Å²) >= 11 is 0. The van der Waals surface area contributed by atoms with Gasteiger partial charge in [0.2, 0.25) is 0 Å². The van der Waals surface area contributed by atoms with E-state index in [1.165, 1.54) is 55.3 Å². The van der Waals surface area contributed by atoms with Crippen molar-refractivity contribution in [3.63, 3.8) is 0 Å². The summed E-state index contributed by atoms with van der Waals surface area (Å²) in [6.45, 7) is 6.85. The topological polar surface area (TPSA) is 29.0 Å². The van der Waals surface area contributed by atoms with Gasteiger partial charge in [0.05, 0.1) is 28.5 Å². The third-order valence-electron chi connectivity index (χ3n) is 7.99. The van der Waals surface area contributed by atoms with Crippen molar-refractivity contribution in [2.45, 2.75) is 26.2 Å². The number of hydrogen-bond acceptors (Lipinski definition) is 3. The zero-order valence-corrected chi connectivity index (χ0v) is 21.1. The van der Waals surface area contributed by atoms with E-state index in [2.05, 4.69) is 111 Å². The van der Waals surface area contributed by atoms with Gasteiger partial charge in [-0.3, -0.25) is 9.97 Å². The molecule has 6 aromatic rings. The first-order valence-electron chi connectivity index (χ1n) is 12.8. The van der Waals surface area contributed by atoms with Crippen molar-refractivity contribution in [3.8, 4) is 33.6 Å². The van der Waals surface area contributed by atoms with Crippen LogP contribution in [0.3, 0.4) is 0 Å². The minimum Gasteiger partial charge on any atom is -0.309 e. The highest BCUT2D eigenvalue weighted by Crippen LogP contribution is 2.55. The van der Waals surface area contributed by atoms with E-state index in [9.17, 15) is 0 Å². The number of benzene rings is 5. The molecule has 3 nitrogen and oxygen atoms in total. The quantitative estimate of drug-likeness (QED) is 0.237. The monoisotopic (exact) mass is 475 g/mol. The highest BCUT2D eigenvalue weighted by molar-refractivity contribution is 6.20. The van der Waals surface area contributed by atoms with Gasteiger partial charge in [0.15, 0.2) is 0 Å². The molecule has 0 spiro atoms. The van der Waals surface area contributed by atoms with Crippen LogP contribution in [0.15, 0.2) is 97.3 Å². The normalized spacial score (nSPS) is 13.2. The predicted octanol–water partition coefficient (Wildman–Crippen LogP) is 9.18. The Morgan fingerprint density at radius 2 is 1.24 bits per heavy atom. The molecule has 5 aromatic carbocycles. The van der Waals surface area contributed by atoms with Crippen LogP contribution >= 0.6 is 0 Å². The van der Waals surface area contributed by atoms with E-state index in [1.54, 1.807) is 12.4 Å². The first-order chi connectivity index (χ1) is 18.0. The average Bonchev–Trinajstić information content (AvgIpc) is 3.24. The van der Waals surface area contributed by atoms with Gasteiger partial charge in [-0.1, -0.05) is 81.4 Å². The number of nitrogens with zero attached hydrogens (tertiary/aromatic N) is 3. The minimum atomic E-state index is 0.0463. The summed E-state index contributed by atoms with van der Waals surface area (Å²) in [5, 5.41) is 5.02. The van der Waals surface area contributed by atoms with Crippen LogP contribution in [-0.2, 0) is 5.41 Å². The van der Waals surface area contributed by atoms with Gasteiger partial charge in [-0.15, -0.1) is 0 Å². The first kappa shape index (κ1) is 20.7. The Kier molecular flexibility index (Phi) is 3.93. The summed E-state index contributed by atoms with van der Waals surface area (Å²) in [6.07, 6.45) is 3.58. The lowest BCUT2D eigenvalue weighted by molar-refractivity contribution is 0.590. The van der Waals surface area contributed by atoms with E-state index in [1.807, 2.05) is 0 Å². The van der Waals surface area contributed by atoms with Gasteiger partial charge >= 0.3 is 0 Å². The third-order valence-corrected chi connectivity index (χ3v) is 7.99. The molecule has 2 aliphatic rings. The SMILES string of the molecule is CC(C)(C)c1ccc2c(c1)N(c1ccc3c4c(cccc14)-c1nccnc1-3)c1cccc3cccc-2c13. The van der Waals surface area contributed by atoms with Crippen molar-refractivity contribution in [2.24, 2.45) is 0 Å². The van der Waals surface area contributed by atoms with Gasteiger partial charge in [0, 0.05) is 45.2 Å². The van der Waals surface area contributed by atoms with Gasteiger partial charge in [-0.05, 0) is 46.2 Å². The van der Waals surface area contributed by atoms with Gasteiger partial charge in [0.25, 0.3) is 0 Å². The summed E-state index contributed by atoms with van der Waals surface area (Å²) in [5.74, 6) is 0. The maximum absolute atomic E-state index is 4.70. The molecule has 8 rings (SSSR count). The lowest BCUT2D eigenvalue weighted by atomic mass is 9.83. The molecule has 0 unspecified atom stereocenters. The van der Waals surface area contributed by atoms with Crippen LogP contribution in [0.2, 0.25) is 0 Å². The molecular weight excluding hydrogens is 450 g/mol. The molecular formula is C34H25N3. The van der Waals surface area contributed by atoms with Crippen LogP contribution in [0.4, 0.5) is 17.1 Å². The van der Waals surface area contributed by atoms with E-state index in [0.717, 1.165) is 22.5 Å². The Labute approximate surface area is 216 Å². The van der Waals surface area contributed by atoms with E-state index in [-0.39, 0.29) is 5.41 Å². The summed E-state index contributed by atoms with van der Waals surface area (Å²) in [5.41, 5.74) is 11.9. The summed E-state index contributed by atoms with van der Waals surface area (Å²) < 4.78 is 0. The standard InChI is InChI=1S/C34H25N3/c1-34(2,3)21-13-14-22-23-9-4-7-20-8-5-12-28(30(20)23)37(29(22)19-21)27-16-15-26-31-24(27)10-6-11-25(31)32-33(26)36-18-17-35-32/h4-19H,1-3H3. The number of rotatable bonds is 1. The van der Waals surface area contributed by atoms with Crippen molar-refractivity contribution in [3.05, 3.63) is 103 Å². The average molecular weight is 476 g/mol. The van der Waals surface area contributed by atoms with Crippen LogP contribution in [-0.4, -0.2) is 9.97 Å². The van der Waals surface area contributed by atoms with Gasteiger partial charge in [0.1, 0.15) is 0 Å². The Morgan fingerprint density at radius 1 is 0.568 bits per heavy atom. The van der Waals surface area contributed by atoms with Gasteiger partial charge in [-0.2, -0.15) is 0 Å². The number of aromatic nitrogens is 2. The lowest BCUT2D eigenvalue weighted by Crippen LogP contribution is -2.18. The van der Waals surface area contributed by atoms with Crippen molar-refractivity contribution in [2.75, 3.05) is 4.90 Å². The van der Waals surface area contributed by atoms with Crippen LogP contribution in [0.25, 0.3) is 55.2 Å². The van der Waals surface area contributed by atoms with Crippen LogP contribution in [0.1, 0.15) is 26.3 Å². The number of fused-ring (bicyclic) bond motifs is 5. The fourth-order valence-electron chi connectivity index (χ4n) is 6.25. The molecule has 0 saturated heterocycles. The minimum absolute atomic E-state index is 0.0463. The second-order valence-electron chi connectivity index (χ2n) is 11.1. The molecule has 3 heteroatoms. The van der Waals surface area contributed by atoms with E-state index in [0.29, 0.717) is 0 Å². The maximum Gasteiger partial charge on any atom is 0.0971 e. The summed E-state index contributed by atoms with van der Waals surface area (Å²) in [7, 11) is 0. The molecule has 37 heavy (non-hydrogen) atoms. The second kappa shape index (κ2) is 7.04. The molecule has 0 bridgehead atoms. The molecule has 0 N–H and O–H groups in total. The number of hydrogen-bond donors (Lipinski definition) is 0. The molecule has 0 amide bonds. The molecule has 2 heterocycles. The maximum atomic E-state index is 4.70. The van der Waals surface area contributed by atoms with E-state index < -0.39 is 0 Å². The zero-order valence-electron chi connectivity index (χ0n) is 21.1. The highest BCUT2D eigenvalue weighted by Gasteiger charge is 2.31. The Morgan fingerprint density at radius 3 is 2.03 bits per heavy atom. The fourth-order valence-corrected chi connectivity index (χ4v) is 6.25. The van der Waals surface area contributed by atoms with Crippen molar-refractivity contribution >= 4 is 38.6 Å². The van der Waals surface area contributed by atoms with Gasteiger partial charge < -0.3 is 4.90 Å². The molecule has 0 atom stereocenters. The first-order valence-corrected chi connectivity index (χ1v) is 12.8. The highest BCUT2D eigenvalue weighted by atomic mass is 15.2. The molecule has 0 saturated carbocycles. The second-order valence-corrected chi connectivity index (χ2v) is 11.1. The Balaban J connectivity index is 1.49. The zero-order chi connectivity index (χ0) is 24.9. The van der Waals surface area contributed by atoms with Crippen LogP contribution in [0.5, 0.6) is 0 Å². The third kappa shape index (κ3) is 2.71. The summed E-state index contributed by atoms with van der Waals surface area (Å²) in [4.78, 5) is 11.9. The molecule has 0 radical (unpaired) electrons. The lowest BCUT2D eigenvalue weighted by Gasteiger charge is -2.35. The Hall–Kier alpha value is -4.50. The van der Waals surface area contributed by atoms with Gasteiger partial charge in [-0.25, -0.2) is 0 Å². The molecule has 1 aliphatic heterocycles. The smallest absolute Gasteiger partial charge is 0.0971 e. The fraction of sp³-hybridized carbons (Fsp3) is 0.118. The van der Waals surface area contributed by atoms with Crippen molar-refractivity contribution in [1.82, 2.24) is 9.97 Å². The van der Waals surface area contributed by atoms with Crippen molar-refractivity contribution < 1.29 is 0 Å². The van der Waals surface area contributed by atoms with E-state index in [4.69, 9.17) is 9.97 Å². The number of anilines is 3. The molecule has 1 aromatic heterocycles.